The van der Waals surface area contributed by atoms with Crippen molar-refractivity contribution in [3.05, 3.63) is 36.5 Å². The fourth-order valence-electron chi connectivity index (χ4n) is 4.08. The van der Waals surface area contributed by atoms with E-state index in [4.69, 9.17) is 4.74 Å². The van der Waals surface area contributed by atoms with Crippen molar-refractivity contribution in [2.45, 2.75) is 44.6 Å². The van der Waals surface area contributed by atoms with Crippen molar-refractivity contribution in [1.82, 2.24) is 19.3 Å². The highest BCUT2D eigenvalue weighted by Crippen LogP contribution is 2.34. The Balaban J connectivity index is 1.59. The van der Waals surface area contributed by atoms with Gasteiger partial charge in [-0.1, -0.05) is 5.92 Å². The number of hydrogen-bond donors (Lipinski definition) is 2. The molecule has 178 valence electrons. The normalized spacial score (nSPS) is 16.2. The molecule has 0 amide bonds. The first-order valence-electron chi connectivity index (χ1n) is 11.4. The SMILES string of the molecule is CS(C)(C)CCOCn1cc(-c2cn(CCO)c3cnc(C#CC4(O)CCCC4)cc23)cn1. The molecule has 3 heterocycles. The Kier molecular flexibility index (Phi) is 7.15. The van der Waals surface area contributed by atoms with Crippen molar-refractivity contribution in [3.63, 3.8) is 0 Å². The number of aromatic nitrogens is 4. The van der Waals surface area contributed by atoms with Gasteiger partial charge in [-0.05, 0) is 56.4 Å². The van der Waals surface area contributed by atoms with Crippen LogP contribution in [0.25, 0.3) is 22.0 Å². The summed E-state index contributed by atoms with van der Waals surface area (Å²) in [7, 11) is -0.572. The number of rotatable bonds is 8. The molecule has 4 rings (SSSR count). The van der Waals surface area contributed by atoms with Crippen molar-refractivity contribution in [3.8, 4) is 23.0 Å². The topological polar surface area (TPSA) is 85.3 Å². The lowest BCUT2D eigenvalue weighted by Crippen LogP contribution is -2.20. The molecular formula is C25H34N4O3S. The minimum atomic E-state index is -0.891. The summed E-state index contributed by atoms with van der Waals surface area (Å²) in [5.41, 5.74) is 2.65. The summed E-state index contributed by atoms with van der Waals surface area (Å²) in [6, 6.07) is 1.96. The predicted molar refractivity (Wildman–Crippen MR) is 135 cm³/mol. The van der Waals surface area contributed by atoms with E-state index in [-0.39, 0.29) is 6.61 Å². The van der Waals surface area contributed by atoms with Gasteiger partial charge in [0.15, 0.2) is 0 Å². The number of pyridine rings is 1. The van der Waals surface area contributed by atoms with E-state index in [2.05, 4.69) is 40.7 Å². The van der Waals surface area contributed by atoms with Crippen LogP contribution in [0.4, 0.5) is 0 Å². The molecular weight excluding hydrogens is 436 g/mol. The molecule has 0 spiro atoms. The second kappa shape index (κ2) is 9.90. The zero-order valence-corrected chi connectivity index (χ0v) is 20.6. The third kappa shape index (κ3) is 5.98. The Hall–Kier alpha value is -2.31. The summed E-state index contributed by atoms with van der Waals surface area (Å²) in [4.78, 5) is 4.50. The van der Waals surface area contributed by atoms with E-state index >= 15 is 0 Å². The van der Waals surface area contributed by atoms with Gasteiger partial charge in [-0.25, -0.2) is 19.7 Å². The minimum absolute atomic E-state index is 0.0423. The molecule has 3 aromatic heterocycles. The molecule has 1 fully saturated rings. The Morgan fingerprint density at radius 1 is 1.18 bits per heavy atom. The van der Waals surface area contributed by atoms with Gasteiger partial charge in [-0.2, -0.15) is 5.10 Å². The molecule has 0 radical (unpaired) electrons. The van der Waals surface area contributed by atoms with E-state index < -0.39 is 15.6 Å². The Bertz CT molecular complexity index is 1160. The monoisotopic (exact) mass is 470 g/mol. The molecule has 1 aliphatic carbocycles. The predicted octanol–water partition coefficient (Wildman–Crippen LogP) is 3.22. The lowest BCUT2D eigenvalue weighted by Gasteiger charge is -2.24. The Morgan fingerprint density at radius 2 is 1.97 bits per heavy atom. The molecule has 0 aliphatic heterocycles. The first-order valence-corrected chi connectivity index (χ1v) is 14.4. The summed E-state index contributed by atoms with van der Waals surface area (Å²) in [6.45, 7) is 1.67. The number of nitrogens with zero attached hydrogens (tertiary/aromatic N) is 4. The quantitative estimate of drug-likeness (QED) is 0.390. The van der Waals surface area contributed by atoms with E-state index in [1.807, 2.05) is 29.2 Å². The van der Waals surface area contributed by atoms with Gasteiger partial charge >= 0.3 is 0 Å². The summed E-state index contributed by atoms with van der Waals surface area (Å²) < 4.78 is 9.62. The van der Waals surface area contributed by atoms with Crippen molar-refractivity contribution in [2.24, 2.45) is 0 Å². The lowest BCUT2D eigenvalue weighted by atomic mass is 10.0. The average Bonchev–Trinajstić information content (AvgIpc) is 3.49. The van der Waals surface area contributed by atoms with Crippen LogP contribution >= 0.6 is 10.0 Å². The third-order valence-corrected chi connectivity index (χ3v) is 7.36. The van der Waals surface area contributed by atoms with Crippen LogP contribution in [0.2, 0.25) is 0 Å². The van der Waals surface area contributed by atoms with Gasteiger partial charge in [0.25, 0.3) is 0 Å². The van der Waals surface area contributed by atoms with Gasteiger partial charge in [-0.3, -0.25) is 0 Å². The summed E-state index contributed by atoms with van der Waals surface area (Å²) in [5, 5.41) is 25.5. The van der Waals surface area contributed by atoms with Gasteiger partial charge in [0, 0.05) is 41.2 Å². The molecule has 8 heteroatoms. The molecule has 0 unspecified atom stereocenters. The fourth-order valence-corrected chi connectivity index (χ4v) is 4.70. The average molecular weight is 471 g/mol. The van der Waals surface area contributed by atoms with E-state index in [0.29, 0.717) is 19.0 Å². The first-order chi connectivity index (χ1) is 15.8. The van der Waals surface area contributed by atoms with Crippen LogP contribution in [0.3, 0.4) is 0 Å². The van der Waals surface area contributed by atoms with E-state index in [9.17, 15) is 10.2 Å². The molecule has 0 saturated heterocycles. The second-order valence-electron chi connectivity index (χ2n) is 9.64. The van der Waals surface area contributed by atoms with Crippen molar-refractivity contribution >= 4 is 20.9 Å². The summed E-state index contributed by atoms with van der Waals surface area (Å²) in [5.74, 6) is 7.19. The highest BCUT2D eigenvalue weighted by molar-refractivity contribution is 8.32. The van der Waals surface area contributed by atoms with Crippen LogP contribution in [0.1, 0.15) is 31.4 Å². The van der Waals surface area contributed by atoms with Crippen LogP contribution in [0.15, 0.2) is 30.9 Å². The zero-order chi connectivity index (χ0) is 23.5. The van der Waals surface area contributed by atoms with Gasteiger partial charge in [0.1, 0.15) is 18.0 Å². The van der Waals surface area contributed by atoms with Crippen molar-refractivity contribution < 1.29 is 14.9 Å². The number of hydrogen-bond acceptors (Lipinski definition) is 5. The molecule has 3 aromatic rings. The maximum Gasteiger partial charge on any atom is 0.139 e. The van der Waals surface area contributed by atoms with Crippen LogP contribution in [-0.4, -0.2) is 72.9 Å². The molecule has 0 aromatic carbocycles. The van der Waals surface area contributed by atoms with Crippen LogP contribution in [0, 0.1) is 11.8 Å². The third-order valence-electron chi connectivity index (χ3n) is 5.97. The molecule has 7 nitrogen and oxygen atoms in total. The summed E-state index contributed by atoms with van der Waals surface area (Å²) >= 11 is 0. The number of ether oxygens (including phenoxy) is 1. The standard InChI is InChI=1S/C25H34N4O3S/c1-33(2,3)13-12-32-19-29-17-20(15-27-29)23-18-28(10-11-30)24-16-26-21(14-22(23)24)6-9-25(31)7-4-5-8-25/h14-18,30-31H,4-5,7-8,10-13,19H2,1-3H3. The smallest absolute Gasteiger partial charge is 0.139 e. The van der Waals surface area contributed by atoms with Gasteiger partial charge in [0.2, 0.25) is 0 Å². The van der Waals surface area contributed by atoms with Crippen LogP contribution in [0.5, 0.6) is 0 Å². The highest BCUT2D eigenvalue weighted by Gasteiger charge is 2.28. The highest BCUT2D eigenvalue weighted by atomic mass is 32.3. The maximum absolute atomic E-state index is 10.6. The second-order valence-corrected chi connectivity index (χ2v) is 14.2. The number of aliphatic hydroxyl groups is 2. The molecule has 2 N–H and O–H groups in total. The van der Waals surface area contributed by atoms with Gasteiger partial charge in [0.05, 0.1) is 31.1 Å². The molecule has 1 aliphatic rings. The first kappa shape index (κ1) is 23.8. The largest absolute Gasteiger partial charge is 0.395 e. The molecule has 1 saturated carbocycles. The zero-order valence-electron chi connectivity index (χ0n) is 19.8. The van der Waals surface area contributed by atoms with Crippen LogP contribution < -0.4 is 0 Å². The van der Waals surface area contributed by atoms with Crippen molar-refractivity contribution in [2.75, 3.05) is 37.7 Å². The molecule has 33 heavy (non-hydrogen) atoms. The molecule has 0 bridgehead atoms. The van der Waals surface area contributed by atoms with E-state index in [0.717, 1.165) is 60.1 Å². The summed E-state index contributed by atoms with van der Waals surface area (Å²) in [6.07, 6.45) is 17.9. The van der Waals surface area contributed by atoms with Crippen LogP contribution in [-0.2, 0) is 18.0 Å². The Morgan fingerprint density at radius 3 is 2.70 bits per heavy atom. The Labute approximate surface area is 197 Å². The molecule has 0 atom stereocenters. The van der Waals surface area contributed by atoms with Gasteiger partial charge < -0.3 is 19.5 Å². The lowest BCUT2D eigenvalue weighted by molar-refractivity contribution is 0.0809. The number of fused-ring (bicyclic) bond motifs is 1. The maximum atomic E-state index is 10.6. The van der Waals surface area contributed by atoms with Crippen molar-refractivity contribution in [1.29, 1.82) is 0 Å². The number of aliphatic hydroxyl groups excluding tert-OH is 1. The van der Waals surface area contributed by atoms with E-state index in [1.165, 1.54) is 0 Å². The van der Waals surface area contributed by atoms with E-state index in [1.54, 1.807) is 10.9 Å². The van der Waals surface area contributed by atoms with Gasteiger partial charge in [-0.15, -0.1) is 0 Å². The fraction of sp³-hybridized carbons (Fsp3) is 0.520. The minimum Gasteiger partial charge on any atom is -0.395 e.